The number of fused-ring (bicyclic) bond motifs is 8. The largest absolute Gasteiger partial charge is 0.496 e. The molecule has 1 aromatic heterocycles. The smallest absolute Gasteiger partial charge is 0.265 e. The number of benzene rings is 1. The highest BCUT2D eigenvalue weighted by Gasteiger charge is 2.50. The molecule has 3 aliphatic heterocycles. The maximum Gasteiger partial charge on any atom is 0.265 e. The fourth-order valence-corrected chi connectivity index (χ4v) is 10.4. The molecule has 3 fully saturated rings. The van der Waals surface area contributed by atoms with Crippen LogP contribution in [0.5, 0.6) is 5.75 Å². The molecule has 49 heavy (non-hydrogen) atoms. The SMILES string of the molecule is CCC(C)S(=O)(=O)NC(=O)C1=C2Cn3c(cc4c(OC)ccc(C5CCCCC5)c43)C3C(=C21)C=CC[C@H]3C(=O)N1C2COCC1CN(C)C2. The van der Waals surface area contributed by atoms with Crippen LogP contribution in [0.25, 0.3) is 10.9 Å². The first-order valence-corrected chi connectivity index (χ1v) is 19.7. The van der Waals surface area contributed by atoms with Gasteiger partial charge in [-0.1, -0.05) is 44.4 Å². The summed E-state index contributed by atoms with van der Waals surface area (Å²) in [5, 5.41) is 0.339. The van der Waals surface area contributed by atoms with Crippen molar-refractivity contribution in [3.05, 3.63) is 63.9 Å². The van der Waals surface area contributed by atoms with Crippen LogP contribution in [-0.4, -0.2) is 92.4 Å². The number of methoxy groups -OCH3 is 1. The molecule has 4 heterocycles. The van der Waals surface area contributed by atoms with Crippen molar-refractivity contribution in [2.75, 3.05) is 40.5 Å². The highest BCUT2D eigenvalue weighted by Crippen LogP contribution is 2.55. The minimum Gasteiger partial charge on any atom is -0.496 e. The van der Waals surface area contributed by atoms with E-state index < -0.39 is 21.2 Å². The van der Waals surface area contributed by atoms with Gasteiger partial charge in [0.15, 0.2) is 0 Å². The van der Waals surface area contributed by atoms with Crippen LogP contribution in [0.1, 0.15) is 81.9 Å². The molecule has 3 aliphatic carbocycles. The maximum absolute atomic E-state index is 14.9. The lowest BCUT2D eigenvalue weighted by Gasteiger charge is -2.50. The van der Waals surface area contributed by atoms with Gasteiger partial charge in [-0.25, -0.2) is 13.1 Å². The number of sulfonamides is 1. The molecule has 1 N–H and O–H groups in total. The van der Waals surface area contributed by atoms with Crippen molar-refractivity contribution in [2.24, 2.45) is 5.92 Å². The normalized spacial score (nSPS) is 27.7. The molecule has 0 spiro atoms. The van der Waals surface area contributed by atoms with Crippen molar-refractivity contribution in [1.82, 2.24) is 19.1 Å². The van der Waals surface area contributed by atoms with Gasteiger partial charge in [-0.2, -0.15) is 0 Å². The molecule has 1 saturated carbocycles. The Balaban J connectivity index is 1.29. The molecule has 4 unspecified atom stereocenters. The molecular weight excluding hydrogens is 641 g/mol. The summed E-state index contributed by atoms with van der Waals surface area (Å²) in [6.07, 6.45) is 11.0. The van der Waals surface area contributed by atoms with Crippen molar-refractivity contribution in [3.63, 3.8) is 0 Å². The van der Waals surface area contributed by atoms with E-state index in [1.54, 1.807) is 21.0 Å². The lowest BCUT2D eigenvalue weighted by Crippen LogP contribution is -2.66. The number of allylic oxidation sites excluding steroid dienone is 4. The van der Waals surface area contributed by atoms with Crippen LogP contribution in [0.3, 0.4) is 0 Å². The third-order valence-electron chi connectivity index (χ3n) is 12.1. The second-order valence-corrected chi connectivity index (χ2v) is 17.1. The summed E-state index contributed by atoms with van der Waals surface area (Å²) in [5.41, 5.74) is 6.51. The van der Waals surface area contributed by atoms with Gasteiger partial charge >= 0.3 is 0 Å². The predicted octanol–water partition coefficient (Wildman–Crippen LogP) is 4.76. The average molecular weight is 689 g/mol. The van der Waals surface area contributed by atoms with Gasteiger partial charge in [-0.3, -0.25) is 9.59 Å². The average Bonchev–Trinajstić information content (AvgIpc) is 3.72. The van der Waals surface area contributed by atoms with Crippen LogP contribution in [0.15, 0.2) is 52.6 Å². The second-order valence-electron chi connectivity index (χ2n) is 15.0. The molecule has 1 aromatic carbocycles. The number of aromatic nitrogens is 1. The number of piperazine rings is 1. The molecule has 5 atom stereocenters. The van der Waals surface area contributed by atoms with Crippen LogP contribution in [0, 0.1) is 5.92 Å². The highest BCUT2D eigenvalue weighted by atomic mass is 32.2. The van der Waals surface area contributed by atoms with Crippen molar-refractivity contribution < 1.29 is 27.5 Å². The predicted molar refractivity (Wildman–Crippen MR) is 188 cm³/mol. The third-order valence-corrected chi connectivity index (χ3v) is 13.9. The Kier molecular flexibility index (Phi) is 8.31. The van der Waals surface area contributed by atoms with E-state index in [0.717, 1.165) is 65.0 Å². The molecule has 0 radical (unpaired) electrons. The highest BCUT2D eigenvalue weighted by molar-refractivity contribution is 7.90. The summed E-state index contributed by atoms with van der Waals surface area (Å²) in [7, 11) is -0.0281. The van der Waals surface area contributed by atoms with Gasteiger partial charge in [0.2, 0.25) is 15.9 Å². The molecule has 10 nitrogen and oxygen atoms in total. The topological polar surface area (TPSA) is 110 Å². The van der Waals surface area contributed by atoms with Crippen molar-refractivity contribution in [1.29, 1.82) is 0 Å². The summed E-state index contributed by atoms with van der Waals surface area (Å²) < 4.78 is 42.7. The number of rotatable bonds is 7. The molecule has 6 aliphatic rings. The molecule has 262 valence electrons. The van der Waals surface area contributed by atoms with Crippen molar-refractivity contribution in [2.45, 2.75) is 94.5 Å². The minimum absolute atomic E-state index is 0.0108. The minimum atomic E-state index is -3.84. The van der Waals surface area contributed by atoms with Crippen LogP contribution in [-0.2, 0) is 30.9 Å². The fourth-order valence-electron chi connectivity index (χ4n) is 9.43. The fraction of sp³-hybridized carbons (Fsp3) is 0.579. The molecule has 2 saturated heterocycles. The maximum atomic E-state index is 14.9. The number of amides is 2. The molecule has 8 rings (SSSR count). The van der Waals surface area contributed by atoms with Gasteiger partial charge in [0.05, 0.1) is 54.7 Å². The number of carbonyl (C=O) groups is 2. The van der Waals surface area contributed by atoms with Crippen LogP contribution in [0.4, 0.5) is 0 Å². The molecule has 2 amide bonds. The van der Waals surface area contributed by atoms with E-state index >= 15 is 0 Å². The first-order valence-electron chi connectivity index (χ1n) is 18.1. The van der Waals surface area contributed by atoms with Gasteiger partial charge in [-0.05, 0) is 80.0 Å². The number of ether oxygens (including phenoxy) is 2. The van der Waals surface area contributed by atoms with Crippen molar-refractivity contribution in [3.8, 4) is 5.75 Å². The summed E-state index contributed by atoms with van der Waals surface area (Å²) in [6.45, 7) is 6.45. The number of nitrogens with zero attached hydrogens (tertiary/aromatic N) is 3. The zero-order valence-corrected chi connectivity index (χ0v) is 29.9. The number of carbonyl (C=O) groups excluding carboxylic acids is 2. The van der Waals surface area contributed by atoms with E-state index in [1.165, 1.54) is 24.8 Å². The summed E-state index contributed by atoms with van der Waals surface area (Å²) >= 11 is 0. The zero-order valence-electron chi connectivity index (χ0n) is 29.0. The van der Waals surface area contributed by atoms with Crippen LogP contribution < -0.4 is 9.46 Å². The first-order chi connectivity index (χ1) is 23.6. The van der Waals surface area contributed by atoms with Gasteiger partial charge in [0.25, 0.3) is 5.91 Å². The van der Waals surface area contributed by atoms with Gasteiger partial charge in [-0.15, -0.1) is 0 Å². The van der Waals surface area contributed by atoms with Crippen molar-refractivity contribution >= 4 is 32.7 Å². The quantitative estimate of drug-likeness (QED) is 0.447. The van der Waals surface area contributed by atoms with Gasteiger partial charge < -0.3 is 23.8 Å². The number of likely N-dealkylation sites (N-methyl/N-ethyl adjacent to an activating group) is 1. The Morgan fingerprint density at radius 3 is 2.53 bits per heavy atom. The lowest BCUT2D eigenvalue weighted by molar-refractivity contribution is -0.159. The number of morpholine rings is 1. The first kappa shape index (κ1) is 32.8. The van der Waals surface area contributed by atoms with E-state index in [0.29, 0.717) is 44.1 Å². The summed E-state index contributed by atoms with van der Waals surface area (Å²) in [5.74, 6) is 0.0849. The lowest BCUT2D eigenvalue weighted by atomic mass is 9.75. The molecule has 2 aromatic rings. The van der Waals surface area contributed by atoms with Crippen LogP contribution >= 0.6 is 0 Å². The van der Waals surface area contributed by atoms with E-state index in [-0.39, 0.29) is 29.8 Å². The van der Waals surface area contributed by atoms with E-state index in [4.69, 9.17) is 9.47 Å². The zero-order chi connectivity index (χ0) is 34.2. The second kappa shape index (κ2) is 12.4. The van der Waals surface area contributed by atoms with Crippen LogP contribution in [0.2, 0.25) is 0 Å². The molecule has 2 bridgehead atoms. The summed E-state index contributed by atoms with van der Waals surface area (Å²) in [4.78, 5) is 33.1. The Morgan fingerprint density at radius 1 is 1.10 bits per heavy atom. The van der Waals surface area contributed by atoms with E-state index in [9.17, 15) is 18.0 Å². The Morgan fingerprint density at radius 2 is 1.84 bits per heavy atom. The van der Waals surface area contributed by atoms with Gasteiger partial charge in [0.1, 0.15) is 5.75 Å². The number of nitrogens with one attached hydrogen (secondary N) is 1. The Bertz CT molecular complexity index is 1900. The Labute approximate surface area is 289 Å². The van der Waals surface area contributed by atoms with Gasteiger partial charge in [0, 0.05) is 36.6 Å². The number of hydrogen-bond donors (Lipinski definition) is 1. The molecule has 11 heteroatoms. The monoisotopic (exact) mass is 688 g/mol. The van der Waals surface area contributed by atoms with E-state index in [1.807, 2.05) is 0 Å². The number of hydrogen-bond acceptors (Lipinski definition) is 7. The van der Waals surface area contributed by atoms with E-state index in [2.05, 4.69) is 56.5 Å². The Hall–Kier alpha value is -3.41. The molecular formula is C38H48N4O6S. The standard InChI is InChI=1S/C38H48N4O6S/c1-5-22(2)49(45,46)39-37(43)35-30-19-41-31(16-29-32(47-4)15-14-26(36(29)41)23-10-7-6-8-11-23)33-27(34(30)35)12-9-13-28(33)38(44)42-24-17-40(3)18-25(42)21-48-20-24/h9,12,14-16,22-25,28,33H,5-8,10-11,13,17-21H2,1-4H3,(H,39,43)/t22?,24?,25?,28-,33?/m1/s1. The summed E-state index contributed by atoms with van der Waals surface area (Å²) in [6, 6.07) is 6.51. The third kappa shape index (κ3) is 5.38.